The van der Waals surface area contributed by atoms with Crippen LogP contribution in [0.3, 0.4) is 0 Å². The zero-order valence-corrected chi connectivity index (χ0v) is 12.4. The molecule has 2 fully saturated rings. The van der Waals surface area contributed by atoms with E-state index < -0.39 is 0 Å². The highest BCUT2D eigenvalue weighted by Gasteiger charge is 2.22. The molecule has 1 atom stereocenters. The molecule has 1 unspecified atom stereocenters. The number of nitrogens with zero attached hydrogens (tertiary/aromatic N) is 1. The number of piperidine rings is 1. The van der Waals surface area contributed by atoms with Crippen LogP contribution >= 0.6 is 11.6 Å². The normalized spacial score (nSPS) is 23.7. The minimum Gasteiger partial charge on any atom is -0.371 e. The van der Waals surface area contributed by atoms with E-state index in [0.717, 1.165) is 30.1 Å². The fourth-order valence-corrected chi connectivity index (χ4v) is 3.10. The van der Waals surface area contributed by atoms with Crippen molar-refractivity contribution in [1.82, 2.24) is 5.32 Å². The summed E-state index contributed by atoms with van der Waals surface area (Å²) in [5, 5.41) is 4.46. The molecule has 3 heteroatoms. The number of rotatable bonds is 4. The van der Waals surface area contributed by atoms with Crippen molar-refractivity contribution in [3.05, 3.63) is 28.8 Å². The van der Waals surface area contributed by atoms with E-state index >= 15 is 0 Å². The summed E-state index contributed by atoms with van der Waals surface area (Å²) in [7, 11) is 0. The van der Waals surface area contributed by atoms with Gasteiger partial charge in [0.05, 0.1) is 0 Å². The highest BCUT2D eigenvalue weighted by Crippen LogP contribution is 2.30. The van der Waals surface area contributed by atoms with Gasteiger partial charge in [0.2, 0.25) is 0 Å². The molecule has 1 aliphatic carbocycles. The number of hydrogen-bond donors (Lipinski definition) is 1. The predicted molar refractivity (Wildman–Crippen MR) is 81.9 cm³/mol. The van der Waals surface area contributed by atoms with Crippen LogP contribution in [0.5, 0.6) is 0 Å². The second-order valence-electron chi connectivity index (χ2n) is 6.12. The van der Waals surface area contributed by atoms with Gasteiger partial charge < -0.3 is 10.2 Å². The van der Waals surface area contributed by atoms with Gasteiger partial charge in [0.15, 0.2) is 0 Å². The molecule has 0 spiro atoms. The van der Waals surface area contributed by atoms with Crippen LogP contribution in [0.1, 0.15) is 38.2 Å². The summed E-state index contributed by atoms with van der Waals surface area (Å²) >= 11 is 6.20. The monoisotopic (exact) mass is 278 g/mol. The Morgan fingerprint density at radius 3 is 2.89 bits per heavy atom. The van der Waals surface area contributed by atoms with Crippen LogP contribution in [0, 0.1) is 5.92 Å². The van der Waals surface area contributed by atoms with Crippen LogP contribution in [0.2, 0.25) is 5.02 Å². The molecule has 104 valence electrons. The van der Waals surface area contributed by atoms with Crippen molar-refractivity contribution in [3.8, 4) is 0 Å². The molecule has 0 radical (unpaired) electrons. The summed E-state index contributed by atoms with van der Waals surface area (Å²) in [6, 6.07) is 7.10. The first kappa shape index (κ1) is 13.3. The summed E-state index contributed by atoms with van der Waals surface area (Å²) in [6.07, 6.45) is 5.32. The van der Waals surface area contributed by atoms with E-state index in [1.807, 2.05) is 6.07 Å². The third-order valence-corrected chi connectivity index (χ3v) is 4.44. The van der Waals surface area contributed by atoms with Gasteiger partial charge in [-0.05, 0) is 49.3 Å². The zero-order valence-electron chi connectivity index (χ0n) is 11.7. The first-order valence-corrected chi connectivity index (χ1v) is 7.87. The summed E-state index contributed by atoms with van der Waals surface area (Å²) in [4.78, 5) is 2.52. The second-order valence-corrected chi connectivity index (χ2v) is 6.56. The molecule has 1 heterocycles. The molecule has 3 rings (SSSR count). The highest BCUT2D eigenvalue weighted by molar-refractivity contribution is 6.30. The summed E-state index contributed by atoms with van der Waals surface area (Å²) in [5.41, 5.74) is 2.73. The van der Waals surface area contributed by atoms with E-state index in [0.29, 0.717) is 0 Å². The fourth-order valence-electron chi connectivity index (χ4n) is 2.93. The van der Waals surface area contributed by atoms with Gasteiger partial charge in [0, 0.05) is 36.4 Å². The average Bonchev–Trinajstić information content (AvgIpc) is 3.21. The minimum atomic E-state index is 0.754. The van der Waals surface area contributed by atoms with Crippen molar-refractivity contribution >= 4 is 17.3 Å². The molecule has 2 nitrogen and oxygen atoms in total. The molecule has 19 heavy (non-hydrogen) atoms. The lowest BCUT2D eigenvalue weighted by atomic mass is 9.99. The van der Waals surface area contributed by atoms with E-state index in [4.69, 9.17) is 11.6 Å². The Morgan fingerprint density at radius 2 is 2.16 bits per heavy atom. The SMILES string of the molecule is CC1CCCN(c2cc(Cl)ccc2CNC2CC2)C1. The van der Waals surface area contributed by atoms with Gasteiger partial charge >= 0.3 is 0 Å². The predicted octanol–water partition coefficient (Wildman–Crippen LogP) is 3.83. The number of nitrogens with one attached hydrogen (secondary N) is 1. The lowest BCUT2D eigenvalue weighted by Gasteiger charge is -2.34. The Morgan fingerprint density at radius 1 is 1.32 bits per heavy atom. The van der Waals surface area contributed by atoms with Crippen LogP contribution in [0.15, 0.2) is 18.2 Å². The Bertz CT molecular complexity index is 442. The first-order valence-electron chi connectivity index (χ1n) is 7.49. The highest BCUT2D eigenvalue weighted by atomic mass is 35.5. The summed E-state index contributed by atoms with van der Waals surface area (Å²) in [6.45, 7) is 5.65. The first-order chi connectivity index (χ1) is 9.22. The molecule has 0 aromatic heterocycles. The second kappa shape index (κ2) is 5.72. The van der Waals surface area contributed by atoms with E-state index in [-0.39, 0.29) is 0 Å². The standard InChI is InChI=1S/C16H23ClN2/c1-12-3-2-8-19(11-12)16-9-14(17)5-4-13(16)10-18-15-6-7-15/h4-5,9,12,15,18H,2-3,6-8,10-11H2,1H3. The van der Waals surface area contributed by atoms with Gasteiger partial charge in [-0.1, -0.05) is 24.6 Å². The zero-order chi connectivity index (χ0) is 13.2. The third-order valence-electron chi connectivity index (χ3n) is 4.20. The lowest BCUT2D eigenvalue weighted by Crippen LogP contribution is -2.35. The summed E-state index contributed by atoms with van der Waals surface area (Å²) < 4.78 is 0. The van der Waals surface area contributed by atoms with Gasteiger partial charge in [-0.2, -0.15) is 0 Å². The number of hydrogen-bond acceptors (Lipinski definition) is 2. The van der Waals surface area contributed by atoms with Crippen LogP contribution in [-0.4, -0.2) is 19.1 Å². The third kappa shape index (κ3) is 3.43. The van der Waals surface area contributed by atoms with Crippen molar-refractivity contribution in [2.24, 2.45) is 5.92 Å². The molecular formula is C16H23ClN2. The lowest BCUT2D eigenvalue weighted by molar-refractivity contribution is 0.446. The maximum Gasteiger partial charge on any atom is 0.0426 e. The van der Waals surface area contributed by atoms with E-state index in [1.54, 1.807) is 0 Å². The molecule has 1 N–H and O–H groups in total. The van der Waals surface area contributed by atoms with Crippen LogP contribution in [0.25, 0.3) is 0 Å². The summed E-state index contributed by atoms with van der Waals surface area (Å²) in [5.74, 6) is 0.789. The van der Waals surface area contributed by atoms with Crippen molar-refractivity contribution in [2.45, 2.75) is 45.2 Å². The van der Waals surface area contributed by atoms with Gasteiger partial charge in [0.25, 0.3) is 0 Å². The topological polar surface area (TPSA) is 15.3 Å². The maximum atomic E-state index is 6.20. The largest absolute Gasteiger partial charge is 0.371 e. The Labute approximate surface area is 121 Å². The smallest absolute Gasteiger partial charge is 0.0426 e. The molecule has 1 aromatic carbocycles. The Kier molecular flexibility index (Phi) is 3.99. The van der Waals surface area contributed by atoms with Crippen molar-refractivity contribution in [3.63, 3.8) is 0 Å². The number of halogens is 1. The molecule has 0 amide bonds. The van der Waals surface area contributed by atoms with Crippen molar-refractivity contribution in [2.75, 3.05) is 18.0 Å². The van der Waals surface area contributed by atoms with E-state index in [1.165, 1.54) is 43.5 Å². The molecule has 2 aliphatic rings. The van der Waals surface area contributed by atoms with Crippen molar-refractivity contribution in [1.29, 1.82) is 0 Å². The van der Waals surface area contributed by atoms with Crippen LogP contribution in [-0.2, 0) is 6.54 Å². The average molecular weight is 279 g/mol. The van der Waals surface area contributed by atoms with Gasteiger partial charge in [0.1, 0.15) is 0 Å². The molecule has 0 bridgehead atoms. The fraction of sp³-hybridized carbons (Fsp3) is 0.625. The maximum absolute atomic E-state index is 6.20. The number of benzene rings is 1. The molecule has 1 saturated heterocycles. The quantitative estimate of drug-likeness (QED) is 0.900. The van der Waals surface area contributed by atoms with E-state index in [2.05, 4.69) is 29.3 Å². The van der Waals surface area contributed by atoms with Crippen LogP contribution < -0.4 is 10.2 Å². The van der Waals surface area contributed by atoms with Gasteiger partial charge in [-0.3, -0.25) is 0 Å². The molecule has 1 aromatic rings. The molecular weight excluding hydrogens is 256 g/mol. The van der Waals surface area contributed by atoms with Crippen LogP contribution in [0.4, 0.5) is 5.69 Å². The minimum absolute atomic E-state index is 0.754. The molecule has 1 aliphatic heterocycles. The van der Waals surface area contributed by atoms with E-state index in [9.17, 15) is 0 Å². The molecule has 1 saturated carbocycles. The Hall–Kier alpha value is -0.730. The number of anilines is 1. The van der Waals surface area contributed by atoms with Gasteiger partial charge in [-0.25, -0.2) is 0 Å². The Balaban J connectivity index is 1.77. The van der Waals surface area contributed by atoms with Crippen molar-refractivity contribution < 1.29 is 0 Å². The van der Waals surface area contributed by atoms with Gasteiger partial charge in [-0.15, -0.1) is 0 Å².